The highest BCUT2D eigenvalue weighted by Gasteiger charge is 2.20. The summed E-state index contributed by atoms with van der Waals surface area (Å²) in [5.41, 5.74) is 2.38. The van der Waals surface area contributed by atoms with E-state index >= 15 is 0 Å². The maximum absolute atomic E-state index is 12.8. The number of aryl methyl sites for hydroxylation is 2. The van der Waals surface area contributed by atoms with Crippen molar-refractivity contribution in [1.29, 1.82) is 0 Å². The van der Waals surface area contributed by atoms with Crippen molar-refractivity contribution >= 4 is 11.7 Å². The van der Waals surface area contributed by atoms with Gasteiger partial charge in [-0.3, -0.25) is 9.59 Å². The van der Waals surface area contributed by atoms with Gasteiger partial charge in [0, 0.05) is 11.1 Å². The Morgan fingerprint density at radius 3 is 2.15 bits per heavy atom. The summed E-state index contributed by atoms with van der Waals surface area (Å²) in [5.74, 6) is 0.995. The monoisotopic (exact) mass is 347 g/mol. The van der Waals surface area contributed by atoms with E-state index in [0.717, 1.165) is 11.3 Å². The number of nitrogens with one attached hydrogen (secondary N) is 1. The second-order valence-electron chi connectivity index (χ2n) is 6.38. The Morgan fingerprint density at radius 1 is 0.885 bits per heavy atom. The molecule has 0 radical (unpaired) electrons. The molecule has 4 nitrogen and oxygen atoms in total. The van der Waals surface area contributed by atoms with E-state index in [1.165, 1.54) is 0 Å². The zero-order chi connectivity index (χ0) is 18.7. The van der Waals surface area contributed by atoms with E-state index in [0.29, 0.717) is 22.5 Å². The first-order valence-corrected chi connectivity index (χ1v) is 8.53. The molecule has 1 unspecified atom stereocenters. The summed E-state index contributed by atoms with van der Waals surface area (Å²) < 4.78 is 5.56. The first-order valence-electron chi connectivity index (χ1n) is 8.53. The van der Waals surface area contributed by atoms with Crippen LogP contribution in [0.4, 0.5) is 0 Å². The van der Waals surface area contributed by atoms with Crippen LogP contribution >= 0.6 is 0 Å². The highest BCUT2D eigenvalue weighted by atomic mass is 16.3. The minimum absolute atomic E-state index is 0.169. The molecule has 0 bridgehead atoms. The largest absolute Gasteiger partial charge is 0.464 e. The molecule has 0 aliphatic heterocycles. The fraction of sp³-hybridized carbons (Fsp3) is 0.182. The number of hydrogen-bond donors (Lipinski definition) is 1. The third-order valence-corrected chi connectivity index (χ3v) is 4.27. The van der Waals surface area contributed by atoms with Gasteiger partial charge in [-0.05, 0) is 39.0 Å². The summed E-state index contributed by atoms with van der Waals surface area (Å²) in [6, 6.07) is 17.6. The molecule has 26 heavy (non-hydrogen) atoms. The predicted octanol–water partition coefficient (Wildman–Crippen LogP) is 4.62. The number of rotatable bonds is 5. The maximum atomic E-state index is 12.8. The standard InChI is InChI=1S/C22H21NO3/c1-14-8-11-17(12-9-14)21(24)18-6-4-5-7-19(18)22(25)23-16(3)20-13-10-15(2)26-20/h4-13,16H,1-3H3,(H,23,25). The molecule has 1 atom stereocenters. The lowest BCUT2D eigenvalue weighted by atomic mass is 9.97. The van der Waals surface area contributed by atoms with Crippen molar-refractivity contribution in [1.82, 2.24) is 5.32 Å². The lowest BCUT2D eigenvalue weighted by molar-refractivity contribution is 0.0925. The van der Waals surface area contributed by atoms with Gasteiger partial charge in [0.25, 0.3) is 5.91 Å². The van der Waals surface area contributed by atoms with Crippen molar-refractivity contribution in [3.05, 3.63) is 94.4 Å². The molecule has 0 fully saturated rings. The van der Waals surface area contributed by atoms with Crippen molar-refractivity contribution < 1.29 is 14.0 Å². The zero-order valence-corrected chi connectivity index (χ0v) is 15.1. The van der Waals surface area contributed by atoms with Crippen molar-refractivity contribution in [2.75, 3.05) is 0 Å². The molecular formula is C22H21NO3. The molecule has 4 heteroatoms. The maximum Gasteiger partial charge on any atom is 0.252 e. The normalized spacial score (nSPS) is 11.8. The highest BCUT2D eigenvalue weighted by molar-refractivity contribution is 6.15. The van der Waals surface area contributed by atoms with Crippen LogP contribution in [-0.4, -0.2) is 11.7 Å². The Labute approximate surface area is 152 Å². The molecule has 0 saturated heterocycles. The van der Waals surface area contributed by atoms with Crippen LogP contribution in [0.25, 0.3) is 0 Å². The molecule has 0 saturated carbocycles. The van der Waals surface area contributed by atoms with Gasteiger partial charge < -0.3 is 9.73 Å². The van der Waals surface area contributed by atoms with Crippen molar-refractivity contribution in [2.24, 2.45) is 0 Å². The number of carbonyl (C=O) groups excluding carboxylic acids is 2. The SMILES string of the molecule is Cc1ccc(C(=O)c2ccccc2C(=O)NC(C)c2ccc(C)o2)cc1. The van der Waals surface area contributed by atoms with E-state index in [9.17, 15) is 9.59 Å². The molecule has 2 aromatic carbocycles. The molecule has 1 aromatic heterocycles. The van der Waals surface area contributed by atoms with Crippen molar-refractivity contribution in [3.8, 4) is 0 Å². The smallest absolute Gasteiger partial charge is 0.252 e. The van der Waals surface area contributed by atoms with Gasteiger partial charge in [0.2, 0.25) is 0 Å². The molecule has 132 valence electrons. The van der Waals surface area contributed by atoms with Crippen LogP contribution in [0.1, 0.15) is 56.3 Å². The molecular weight excluding hydrogens is 326 g/mol. The van der Waals surface area contributed by atoms with E-state index in [1.807, 2.05) is 45.0 Å². The Bertz CT molecular complexity index is 938. The fourth-order valence-corrected chi connectivity index (χ4v) is 2.77. The second kappa shape index (κ2) is 7.40. The Balaban J connectivity index is 1.85. The predicted molar refractivity (Wildman–Crippen MR) is 100 cm³/mol. The Kier molecular flexibility index (Phi) is 5.03. The summed E-state index contributed by atoms with van der Waals surface area (Å²) in [7, 11) is 0. The fourth-order valence-electron chi connectivity index (χ4n) is 2.77. The highest BCUT2D eigenvalue weighted by Crippen LogP contribution is 2.19. The quantitative estimate of drug-likeness (QED) is 0.685. The summed E-state index contributed by atoms with van der Waals surface area (Å²) in [4.78, 5) is 25.6. The number of benzene rings is 2. The number of furan rings is 1. The Morgan fingerprint density at radius 2 is 1.54 bits per heavy atom. The molecule has 0 spiro atoms. The first-order chi connectivity index (χ1) is 12.5. The summed E-state index contributed by atoms with van der Waals surface area (Å²) >= 11 is 0. The van der Waals surface area contributed by atoms with Crippen LogP contribution in [0.15, 0.2) is 65.1 Å². The van der Waals surface area contributed by atoms with Gasteiger partial charge in [0.05, 0.1) is 11.6 Å². The number of carbonyl (C=O) groups is 2. The number of hydrogen-bond acceptors (Lipinski definition) is 3. The van der Waals surface area contributed by atoms with Crippen LogP contribution in [0.3, 0.4) is 0 Å². The average molecular weight is 347 g/mol. The third kappa shape index (κ3) is 3.75. The molecule has 0 aliphatic carbocycles. The van der Waals surface area contributed by atoms with Gasteiger partial charge in [-0.2, -0.15) is 0 Å². The summed E-state index contributed by atoms with van der Waals surface area (Å²) in [6.07, 6.45) is 0. The van der Waals surface area contributed by atoms with Crippen LogP contribution in [0, 0.1) is 13.8 Å². The van der Waals surface area contributed by atoms with Crippen LogP contribution < -0.4 is 5.32 Å². The minimum atomic E-state index is -0.303. The minimum Gasteiger partial charge on any atom is -0.464 e. The van der Waals surface area contributed by atoms with Gasteiger partial charge in [-0.15, -0.1) is 0 Å². The molecule has 1 heterocycles. The molecule has 1 N–H and O–H groups in total. The lowest BCUT2D eigenvalue weighted by Crippen LogP contribution is -2.28. The average Bonchev–Trinajstić information content (AvgIpc) is 3.08. The lowest BCUT2D eigenvalue weighted by Gasteiger charge is -2.14. The number of amides is 1. The molecule has 3 aromatic rings. The van der Waals surface area contributed by atoms with E-state index in [4.69, 9.17) is 4.42 Å². The number of ketones is 1. The summed E-state index contributed by atoms with van der Waals surface area (Å²) in [6.45, 7) is 5.67. The second-order valence-corrected chi connectivity index (χ2v) is 6.38. The first kappa shape index (κ1) is 17.7. The molecule has 0 aliphatic rings. The van der Waals surface area contributed by atoms with Crippen LogP contribution in [0.2, 0.25) is 0 Å². The van der Waals surface area contributed by atoms with Gasteiger partial charge in [0.1, 0.15) is 11.5 Å². The van der Waals surface area contributed by atoms with Gasteiger partial charge in [0.15, 0.2) is 5.78 Å². The summed E-state index contributed by atoms with van der Waals surface area (Å²) in [5, 5.41) is 2.90. The Hall–Kier alpha value is -3.14. The van der Waals surface area contributed by atoms with Gasteiger partial charge in [-0.25, -0.2) is 0 Å². The topological polar surface area (TPSA) is 59.3 Å². The van der Waals surface area contributed by atoms with Gasteiger partial charge in [-0.1, -0.05) is 48.0 Å². The molecule has 3 rings (SSSR count). The van der Waals surface area contributed by atoms with Gasteiger partial charge >= 0.3 is 0 Å². The van der Waals surface area contributed by atoms with E-state index in [2.05, 4.69) is 5.32 Å². The molecule has 1 amide bonds. The van der Waals surface area contributed by atoms with Crippen molar-refractivity contribution in [3.63, 3.8) is 0 Å². The van der Waals surface area contributed by atoms with Crippen LogP contribution in [0.5, 0.6) is 0 Å². The van der Waals surface area contributed by atoms with Crippen molar-refractivity contribution in [2.45, 2.75) is 26.8 Å². The van der Waals surface area contributed by atoms with E-state index in [1.54, 1.807) is 36.4 Å². The third-order valence-electron chi connectivity index (χ3n) is 4.27. The zero-order valence-electron chi connectivity index (χ0n) is 15.1. The van der Waals surface area contributed by atoms with Crippen LogP contribution in [-0.2, 0) is 0 Å². The van der Waals surface area contributed by atoms with E-state index in [-0.39, 0.29) is 17.7 Å². The van der Waals surface area contributed by atoms with E-state index < -0.39 is 0 Å².